The number of ether oxygens (including phenoxy) is 1. The van der Waals surface area contributed by atoms with Crippen molar-refractivity contribution in [2.45, 2.75) is 37.2 Å². The lowest BCUT2D eigenvalue weighted by atomic mass is 10.0. The zero-order chi connectivity index (χ0) is 31.5. The summed E-state index contributed by atoms with van der Waals surface area (Å²) in [7, 11) is -2.76. The van der Waals surface area contributed by atoms with Crippen molar-refractivity contribution >= 4 is 27.5 Å². The van der Waals surface area contributed by atoms with E-state index in [9.17, 15) is 22.4 Å². The molecular formula is C34H36FN3O5S. The molecule has 0 aliphatic carbocycles. The van der Waals surface area contributed by atoms with Crippen LogP contribution in [-0.2, 0) is 32.6 Å². The van der Waals surface area contributed by atoms with Crippen LogP contribution in [0.2, 0.25) is 0 Å². The van der Waals surface area contributed by atoms with Gasteiger partial charge in [0.05, 0.1) is 17.7 Å². The zero-order valence-corrected chi connectivity index (χ0v) is 25.5. The summed E-state index contributed by atoms with van der Waals surface area (Å²) in [6.07, 6.45) is 0.878. The highest BCUT2D eigenvalue weighted by Crippen LogP contribution is 2.28. The largest absolute Gasteiger partial charge is 0.497 e. The first kappa shape index (κ1) is 32.2. The fourth-order valence-electron chi connectivity index (χ4n) is 4.72. The molecule has 1 atom stereocenters. The molecule has 0 saturated carbocycles. The second-order valence-electron chi connectivity index (χ2n) is 10.2. The maximum atomic E-state index is 14.4. The van der Waals surface area contributed by atoms with E-state index in [1.54, 1.807) is 48.5 Å². The molecule has 1 unspecified atom stereocenters. The van der Waals surface area contributed by atoms with E-state index in [0.717, 1.165) is 9.87 Å². The Bertz CT molecular complexity index is 1630. The van der Waals surface area contributed by atoms with Gasteiger partial charge < -0.3 is 15.0 Å². The summed E-state index contributed by atoms with van der Waals surface area (Å²) in [5.74, 6) is -1.01. The van der Waals surface area contributed by atoms with E-state index in [2.05, 4.69) is 5.32 Å². The normalized spacial score (nSPS) is 11.8. The number of amides is 2. The number of carbonyl (C=O) groups excluding carboxylic acids is 2. The molecule has 0 fully saturated rings. The molecule has 230 valence electrons. The van der Waals surface area contributed by atoms with Gasteiger partial charge >= 0.3 is 0 Å². The highest BCUT2D eigenvalue weighted by atomic mass is 32.2. The fraction of sp³-hybridized carbons (Fsp3) is 0.235. The molecule has 0 aliphatic rings. The lowest BCUT2D eigenvalue weighted by molar-refractivity contribution is -0.140. The number of hydrogen-bond acceptors (Lipinski definition) is 5. The van der Waals surface area contributed by atoms with E-state index in [4.69, 9.17) is 4.74 Å². The average molecular weight is 618 g/mol. The van der Waals surface area contributed by atoms with Gasteiger partial charge in [0.2, 0.25) is 11.8 Å². The first-order valence-electron chi connectivity index (χ1n) is 14.3. The Balaban J connectivity index is 1.79. The second-order valence-corrected chi connectivity index (χ2v) is 12.0. The third kappa shape index (κ3) is 8.23. The van der Waals surface area contributed by atoms with Crippen molar-refractivity contribution in [2.24, 2.45) is 0 Å². The van der Waals surface area contributed by atoms with Crippen LogP contribution in [0.3, 0.4) is 0 Å². The van der Waals surface area contributed by atoms with E-state index >= 15 is 0 Å². The number of benzene rings is 4. The summed E-state index contributed by atoms with van der Waals surface area (Å²) in [5.41, 5.74) is 1.63. The molecule has 10 heteroatoms. The number of hydrogen-bond donors (Lipinski definition) is 1. The topological polar surface area (TPSA) is 96.0 Å². The van der Waals surface area contributed by atoms with Gasteiger partial charge in [0.1, 0.15) is 24.2 Å². The minimum Gasteiger partial charge on any atom is -0.497 e. The Morgan fingerprint density at radius 2 is 1.52 bits per heavy atom. The maximum Gasteiger partial charge on any atom is 0.264 e. The van der Waals surface area contributed by atoms with Crippen molar-refractivity contribution in [3.05, 3.63) is 126 Å². The van der Waals surface area contributed by atoms with Crippen LogP contribution < -0.4 is 14.4 Å². The Hall–Kier alpha value is -4.70. The Morgan fingerprint density at radius 1 is 0.864 bits per heavy atom. The molecule has 1 N–H and O–H groups in total. The van der Waals surface area contributed by atoms with E-state index in [0.29, 0.717) is 24.3 Å². The van der Waals surface area contributed by atoms with Gasteiger partial charge in [0.25, 0.3) is 10.0 Å². The summed E-state index contributed by atoms with van der Waals surface area (Å²) in [6, 6.07) is 28.2. The van der Waals surface area contributed by atoms with Crippen molar-refractivity contribution in [1.29, 1.82) is 0 Å². The minimum absolute atomic E-state index is 0.00206. The van der Waals surface area contributed by atoms with Crippen LogP contribution >= 0.6 is 0 Å². The van der Waals surface area contributed by atoms with Gasteiger partial charge in [-0.1, -0.05) is 73.7 Å². The van der Waals surface area contributed by atoms with Crippen molar-refractivity contribution in [3.63, 3.8) is 0 Å². The Kier molecular flexibility index (Phi) is 11.1. The summed E-state index contributed by atoms with van der Waals surface area (Å²) >= 11 is 0. The highest BCUT2D eigenvalue weighted by molar-refractivity contribution is 7.92. The lowest BCUT2D eigenvalue weighted by Crippen LogP contribution is -2.53. The molecule has 0 heterocycles. The fourth-order valence-corrected chi connectivity index (χ4v) is 6.15. The number of nitrogens with zero attached hydrogens (tertiary/aromatic N) is 2. The summed E-state index contributed by atoms with van der Waals surface area (Å²) in [5, 5.41) is 2.90. The number of nitrogens with one attached hydrogen (secondary N) is 1. The van der Waals surface area contributed by atoms with Crippen LogP contribution in [0.5, 0.6) is 5.75 Å². The van der Waals surface area contributed by atoms with Crippen LogP contribution in [-0.4, -0.2) is 51.4 Å². The smallest absolute Gasteiger partial charge is 0.264 e. The van der Waals surface area contributed by atoms with E-state index in [-0.39, 0.29) is 29.5 Å². The lowest BCUT2D eigenvalue weighted by Gasteiger charge is -2.34. The van der Waals surface area contributed by atoms with Crippen LogP contribution in [0.25, 0.3) is 0 Å². The molecule has 0 spiro atoms. The number of sulfonamides is 1. The van der Waals surface area contributed by atoms with Gasteiger partial charge in [-0.2, -0.15) is 0 Å². The van der Waals surface area contributed by atoms with E-state index in [1.807, 2.05) is 37.3 Å². The molecule has 0 radical (unpaired) electrons. The molecule has 4 aromatic rings. The molecule has 44 heavy (non-hydrogen) atoms. The molecule has 4 rings (SSSR count). The predicted octanol–water partition coefficient (Wildman–Crippen LogP) is 5.20. The third-order valence-electron chi connectivity index (χ3n) is 7.04. The van der Waals surface area contributed by atoms with Gasteiger partial charge in [0, 0.05) is 25.6 Å². The molecule has 2 amide bonds. The number of methoxy groups -OCH3 is 1. The van der Waals surface area contributed by atoms with Crippen molar-refractivity contribution < 1.29 is 27.1 Å². The van der Waals surface area contributed by atoms with Crippen LogP contribution in [0.4, 0.5) is 10.1 Å². The SMILES string of the molecule is CCCNC(=O)C(Cc1ccccc1)N(Cc1ccc(F)cc1)C(=O)CN(c1cccc(OC)c1)S(=O)(=O)c1ccccc1. The van der Waals surface area contributed by atoms with Crippen LogP contribution in [0, 0.1) is 5.82 Å². The third-order valence-corrected chi connectivity index (χ3v) is 8.83. The van der Waals surface area contributed by atoms with Gasteiger partial charge in [-0.25, -0.2) is 12.8 Å². The molecule has 0 aromatic heterocycles. The van der Waals surface area contributed by atoms with Crippen molar-refractivity contribution in [2.75, 3.05) is 24.5 Å². The summed E-state index contributed by atoms with van der Waals surface area (Å²) < 4.78 is 48.2. The Morgan fingerprint density at radius 3 is 2.16 bits per heavy atom. The maximum absolute atomic E-state index is 14.4. The van der Waals surface area contributed by atoms with Gasteiger partial charge in [-0.15, -0.1) is 0 Å². The highest BCUT2D eigenvalue weighted by Gasteiger charge is 2.34. The zero-order valence-electron chi connectivity index (χ0n) is 24.7. The molecule has 4 aromatic carbocycles. The Labute approximate surface area is 258 Å². The van der Waals surface area contributed by atoms with Crippen molar-refractivity contribution in [1.82, 2.24) is 10.2 Å². The number of anilines is 1. The molecule has 0 saturated heterocycles. The number of halogens is 1. The second kappa shape index (κ2) is 15.2. The van der Waals surface area contributed by atoms with Gasteiger partial charge in [-0.05, 0) is 53.9 Å². The van der Waals surface area contributed by atoms with Crippen molar-refractivity contribution in [3.8, 4) is 5.75 Å². The number of rotatable bonds is 14. The average Bonchev–Trinajstić information content (AvgIpc) is 3.05. The molecule has 8 nitrogen and oxygen atoms in total. The number of carbonyl (C=O) groups is 2. The summed E-state index contributed by atoms with van der Waals surface area (Å²) in [4.78, 5) is 29.4. The standard InChI is InChI=1S/C34H36FN3O5S/c1-3-21-36-34(40)32(22-26-11-6-4-7-12-26)37(24-27-17-19-28(35)20-18-27)33(39)25-38(29-13-10-14-30(23-29)43-2)44(41,42)31-15-8-5-9-16-31/h4-20,23,32H,3,21-22,24-25H2,1-2H3,(H,36,40). The monoisotopic (exact) mass is 617 g/mol. The first-order valence-corrected chi connectivity index (χ1v) is 15.7. The van der Waals surface area contributed by atoms with Gasteiger partial charge in [0.15, 0.2) is 0 Å². The van der Waals surface area contributed by atoms with Gasteiger partial charge in [-0.3, -0.25) is 13.9 Å². The van der Waals surface area contributed by atoms with E-state index in [1.165, 1.54) is 42.3 Å². The predicted molar refractivity (Wildman–Crippen MR) is 168 cm³/mol. The minimum atomic E-state index is -4.23. The van der Waals surface area contributed by atoms with Crippen LogP contribution in [0.1, 0.15) is 24.5 Å². The molecule has 0 aliphatic heterocycles. The first-order chi connectivity index (χ1) is 21.2. The van der Waals surface area contributed by atoms with E-state index < -0.39 is 34.3 Å². The quantitative estimate of drug-likeness (QED) is 0.210. The molecular weight excluding hydrogens is 581 g/mol. The molecule has 0 bridgehead atoms. The van der Waals surface area contributed by atoms with Crippen LogP contribution in [0.15, 0.2) is 114 Å². The summed E-state index contributed by atoms with van der Waals surface area (Å²) in [6.45, 7) is 1.68.